The van der Waals surface area contributed by atoms with Crippen LogP contribution in [0.3, 0.4) is 0 Å². The zero-order valence-corrected chi connectivity index (χ0v) is 16.0. The van der Waals surface area contributed by atoms with Gasteiger partial charge in [0.15, 0.2) is 0 Å². The third-order valence-corrected chi connectivity index (χ3v) is 4.04. The number of carboxylic acid groups (broad SMARTS) is 1. The second-order valence-electron chi connectivity index (χ2n) is 6.44. The molecule has 26 heavy (non-hydrogen) atoms. The molecule has 0 aliphatic rings. The molecular weight excluding hydrogens is 336 g/mol. The predicted octanol–water partition coefficient (Wildman–Crippen LogP) is 1.89. The van der Waals surface area contributed by atoms with Gasteiger partial charge in [-0.1, -0.05) is 44.8 Å². The fraction of sp³-hybridized carbons (Fsp3) is 0.789. The third-order valence-electron chi connectivity index (χ3n) is 4.04. The lowest BCUT2D eigenvalue weighted by atomic mass is 10.1. The van der Waals surface area contributed by atoms with Crippen LogP contribution < -0.4 is 5.32 Å². The molecule has 4 N–H and O–H groups in total. The first kappa shape index (κ1) is 24.6. The van der Waals surface area contributed by atoms with Crippen molar-refractivity contribution in [3.05, 3.63) is 12.2 Å². The van der Waals surface area contributed by atoms with E-state index in [2.05, 4.69) is 24.4 Å². The van der Waals surface area contributed by atoms with Crippen LogP contribution in [0.4, 0.5) is 0 Å². The molecule has 1 unspecified atom stereocenters. The highest BCUT2D eigenvalue weighted by Gasteiger charge is 2.17. The molecule has 0 aromatic carbocycles. The topological polar surface area (TPSA) is 110 Å². The smallest absolute Gasteiger partial charge is 0.317 e. The van der Waals surface area contributed by atoms with Gasteiger partial charge in [-0.3, -0.25) is 14.5 Å². The first-order valence-corrected chi connectivity index (χ1v) is 9.67. The van der Waals surface area contributed by atoms with Gasteiger partial charge in [0.2, 0.25) is 5.91 Å². The average Bonchev–Trinajstić information content (AvgIpc) is 2.61. The monoisotopic (exact) mass is 372 g/mol. The molecule has 0 spiro atoms. The quantitative estimate of drug-likeness (QED) is 0.176. The Bertz CT molecular complexity index is 401. The summed E-state index contributed by atoms with van der Waals surface area (Å²) in [7, 11) is 0. The maximum atomic E-state index is 11.8. The van der Waals surface area contributed by atoms with Gasteiger partial charge in [-0.25, -0.2) is 0 Å². The number of hydrogen-bond donors (Lipinski definition) is 4. The van der Waals surface area contributed by atoms with Gasteiger partial charge in [0, 0.05) is 19.5 Å². The molecule has 7 heteroatoms. The number of unbranched alkanes of at least 4 members (excludes halogenated alkanes) is 6. The molecule has 1 amide bonds. The van der Waals surface area contributed by atoms with Crippen LogP contribution >= 0.6 is 0 Å². The summed E-state index contributed by atoms with van der Waals surface area (Å²) in [4.78, 5) is 23.7. The number of aliphatic hydroxyl groups is 2. The Morgan fingerprint density at radius 2 is 1.73 bits per heavy atom. The summed E-state index contributed by atoms with van der Waals surface area (Å²) in [6, 6.07) is 0. The highest BCUT2D eigenvalue weighted by molar-refractivity contribution is 5.75. The van der Waals surface area contributed by atoms with Gasteiger partial charge in [0.25, 0.3) is 0 Å². The van der Waals surface area contributed by atoms with Crippen molar-refractivity contribution in [2.75, 3.05) is 26.2 Å². The molecule has 0 aliphatic carbocycles. The van der Waals surface area contributed by atoms with E-state index in [9.17, 15) is 14.7 Å². The number of aliphatic hydroxyl groups excluding tert-OH is 2. The van der Waals surface area contributed by atoms with E-state index in [0.717, 1.165) is 32.1 Å². The summed E-state index contributed by atoms with van der Waals surface area (Å²) in [6.45, 7) is 1.66. The largest absolute Gasteiger partial charge is 0.480 e. The maximum absolute atomic E-state index is 11.8. The number of amides is 1. The average molecular weight is 373 g/mol. The van der Waals surface area contributed by atoms with E-state index >= 15 is 0 Å². The fourth-order valence-electron chi connectivity index (χ4n) is 2.53. The summed E-state index contributed by atoms with van der Waals surface area (Å²) >= 11 is 0. The van der Waals surface area contributed by atoms with E-state index in [-0.39, 0.29) is 25.5 Å². The van der Waals surface area contributed by atoms with Crippen molar-refractivity contribution >= 4 is 11.9 Å². The van der Waals surface area contributed by atoms with Crippen molar-refractivity contribution in [2.45, 2.75) is 70.9 Å². The Balaban J connectivity index is 3.65. The summed E-state index contributed by atoms with van der Waals surface area (Å²) < 4.78 is 0. The van der Waals surface area contributed by atoms with Crippen LogP contribution in [0.25, 0.3) is 0 Å². The molecule has 0 saturated heterocycles. The highest BCUT2D eigenvalue weighted by atomic mass is 16.4. The number of hydrogen-bond acceptors (Lipinski definition) is 5. The molecule has 0 rings (SSSR count). The molecule has 0 radical (unpaired) electrons. The SMILES string of the molecule is CCC/C=C/CCCCCCCC(=O)NCCN(CC(=O)O)C(O)CO. The Kier molecular flexibility index (Phi) is 16.1. The summed E-state index contributed by atoms with van der Waals surface area (Å²) in [6.07, 6.45) is 12.6. The van der Waals surface area contributed by atoms with Gasteiger partial charge >= 0.3 is 5.97 Å². The van der Waals surface area contributed by atoms with Crippen LogP contribution in [0.1, 0.15) is 64.7 Å². The second-order valence-corrected chi connectivity index (χ2v) is 6.44. The van der Waals surface area contributed by atoms with Crippen LogP contribution in [0.5, 0.6) is 0 Å². The molecule has 0 saturated carbocycles. The van der Waals surface area contributed by atoms with Gasteiger partial charge in [0.1, 0.15) is 6.23 Å². The minimum atomic E-state index is -1.24. The Morgan fingerprint density at radius 3 is 2.38 bits per heavy atom. The molecule has 0 bridgehead atoms. The van der Waals surface area contributed by atoms with Gasteiger partial charge in [-0.15, -0.1) is 0 Å². The van der Waals surface area contributed by atoms with E-state index in [4.69, 9.17) is 10.2 Å². The number of allylic oxidation sites excluding steroid dienone is 2. The van der Waals surface area contributed by atoms with Gasteiger partial charge in [-0.05, 0) is 25.7 Å². The first-order chi connectivity index (χ1) is 12.5. The number of nitrogens with one attached hydrogen (secondary N) is 1. The van der Waals surface area contributed by atoms with Crippen molar-refractivity contribution in [1.82, 2.24) is 10.2 Å². The van der Waals surface area contributed by atoms with E-state index < -0.39 is 18.8 Å². The number of carbonyl (C=O) groups excluding carboxylic acids is 1. The summed E-state index contributed by atoms with van der Waals surface area (Å²) in [5.74, 6) is -1.16. The van der Waals surface area contributed by atoms with Crippen molar-refractivity contribution in [3.63, 3.8) is 0 Å². The van der Waals surface area contributed by atoms with Crippen LogP contribution in [-0.4, -0.2) is 64.6 Å². The van der Waals surface area contributed by atoms with Crippen LogP contribution in [0.2, 0.25) is 0 Å². The molecule has 0 aromatic rings. The lowest BCUT2D eigenvalue weighted by molar-refractivity contribution is -0.142. The van der Waals surface area contributed by atoms with E-state index in [0.29, 0.717) is 6.42 Å². The maximum Gasteiger partial charge on any atom is 0.317 e. The van der Waals surface area contributed by atoms with Crippen LogP contribution in [0.15, 0.2) is 12.2 Å². The van der Waals surface area contributed by atoms with Crippen molar-refractivity contribution < 1.29 is 24.9 Å². The fourth-order valence-corrected chi connectivity index (χ4v) is 2.53. The highest BCUT2D eigenvalue weighted by Crippen LogP contribution is 2.08. The van der Waals surface area contributed by atoms with Gasteiger partial charge < -0.3 is 20.6 Å². The lowest BCUT2D eigenvalue weighted by Gasteiger charge is -2.24. The zero-order valence-electron chi connectivity index (χ0n) is 16.0. The number of nitrogens with zero attached hydrogens (tertiary/aromatic N) is 1. The van der Waals surface area contributed by atoms with Gasteiger partial charge in [-0.2, -0.15) is 0 Å². The van der Waals surface area contributed by atoms with E-state index in [1.165, 1.54) is 24.2 Å². The van der Waals surface area contributed by atoms with Crippen molar-refractivity contribution in [1.29, 1.82) is 0 Å². The molecule has 0 fully saturated rings. The van der Waals surface area contributed by atoms with Gasteiger partial charge in [0.05, 0.1) is 13.2 Å². The molecule has 0 heterocycles. The number of aliphatic carboxylic acids is 1. The van der Waals surface area contributed by atoms with Crippen molar-refractivity contribution in [2.24, 2.45) is 0 Å². The first-order valence-electron chi connectivity index (χ1n) is 9.67. The second kappa shape index (κ2) is 17.0. The molecule has 7 nitrogen and oxygen atoms in total. The minimum Gasteiger partial charge on any atom is -0.480 e. The molecule has 0 aromatic heterocycles. The van der Waals surface area contributed by atoms with E-state index in [1.807, 2.05) is 0 Å². The Labute approximate surface area is 157 Å². The minimum absolute atomic E-state index is 0.0683. The van der Waals surface area contributed by atoms with E-state index in [1.54, 1.807) is 0 Å². The Hall–Kier alpha value is -1.44. The zero-order chi connectivity index (χ0) is 19.6. The molecule has 152 valence electrons. The molecular formula is C19H36N2O5. The lowest BCUT2D eigenvalue weighted by Crippen LogP contribution is -2.45. The summed E-state index contributed by atoms with van der Waals surface area (Å²) in [5.41, 5.74) is 0. The molecule has 0 aliphatic heterocycles. The third kappa shape index (κ3) is 14.9. The predicted molar refractivity (Wildman–Crippen MR) is 102 cm³/mol. The number of rotatable bonds is 17. The molecule has 1 atom stereocenters. The van der Waals surface area contributed by atoms with Crippen LogP contribution in [0, 0.1) is 0 Å². The van der Waals surface area contributed by atoms with Crippen LogP contribution in [-0.2, 0) is 9.59 Å². The number of carboxylic acids is 1. The Morgan fingerprint density at radius 1 is 1.08 bits per heavy atom. The number of carbonyl (C=O) groups is 2. The summed E-state index contributed by atoms with van der Waals surface area (Å²) in [5, 5.41) is 29.9. The van der Waals surface area contributed by atoms with Crippen molar-refractivity contribution in [3.8, 4) is 0 Å². The standard InChI is InChI=1S/C19H36N2O5/c1-2-3-4-5-6-7-8-9-10-11-12-17(23)20-13-14-21(15-19(25)26)18(24)16-22/h4-5,18,22,24H,2-3,6-16H2,1H3,(H,20,23)(H,25,26)/b5-4+. The normalized spacial score (nSPS) is 12.6.